The van der Waals surface area contributed by atoms with Crippen molar-refractivity contribution in [1.29, 1.82) is 0 Å². The van der Waals surface area contributed by atoms with E-state index in [1.54, 1.807) is 6.20 Å². The Hall–Kier alpha value is -2.63. The molecular weight excluding hydrogens is 258 g/mol. The van der Waals surface area contributed by atoms with Crippen LogP contribution in [0.1, 0.15) is 12.8 Å². The minimum Gasteiger partial charge on any atom is -0.359 e. The summed E-state index contributed by atoms with van der Waals surface area (Å²) in [4.78, 5) is 22.8. The molecule has 0 radical (unpaired) electrons. The quantitative estimate of drug-likeness (QED) is 0.870. The Labute approximate surface area is 116 Å². The summed E-state index contributed by atoms with van der Waals surface area (Å²) >= 11 is 0. The topological polar surface area (TPSA) is 84.2 Å². The molecule has 0 aliphatic rings. The first-order chi connectivity index (χ1) is 9.70. The summed E-state index contributed by atoms with van der Waals surface area (Å²) in [6.45, 7) is 0. The van der Waals surface area contributed by atoms with Crippen molar-refractivity contribution in [1.82, 2.24) is 10.5 Å². The second-order valence-electron chi connectivity index (χ2n) is 4.16. The van der Waals surface area contributed by atoms with Crippen molar-refractivity contribution in [2.45, 2.75) is 12.8 Å². The smallest absolute Gasteiger partial charge is 0.239 e. The van der Waals surface area contributed by atoms with Gasteiger partial charge in [0.05, 0.1) is 11.8 Å². The maximum atomic E-state index is 11.7. The van der Waals surface area contributed by atoms with Crippen LogP contribution in [0.15, 0.2) is 41.1 Å². The lowest BCUT2D eigenvalue weighted by Crippen LogP contribution is -2.20. The van der Waals surface area contributed by atoms with Gasteiger partial charge in [-0.25, -0.2) is 0 Å². The fraction of sp³-hybridized carbons (Fsp3) is 0.214. The van der Waals surface area contributed by atoms with Gasteiger partial charge in [0.15, 0.2) is 0 Å². The summed E-state index contributed by atoms with van der Waals surface area (Å²) in [5.41, 5.74) is 1.61. The zero-order chi connectivity index (χ0) is 14.4. The number of aromatic nitrogens is 1. The van der Waals surface area contributed by atoms with Crippen molar-refractivity contribution >= 4 is 17.7 Å². The highest BCUT2D eigenvalue weighted by Crippen LogP contribution is 2.27. The lowest BCUT2D eigenvalue weighted by atomic mass is 10.1. The summed E-state index contributed by atoms with van der Waals surface area (Å²) < 4.78 is 5.04. The molecule has 20 heavy (non-hydrogen) atoms. The van der Waals surface area contributed by atoms with Crippen molar-refractivity contribution in [3.8, 4) is 11.1 Å². The van der Waals surface area contributed by atoms with Gasteiger partial charge in [0.1, 0.15) is 0 Å². The summed E-state index contributed by atoms with van der Waals surface area (Å²) in [7, 11) is 1.53. The minimum atomic E-state index is -0.289. The van der Waals surface area contributed by atoms with Gasteiger partial charge < -0.3 is 9.84 Å². The highest BCUT2D eigenvalue weighted by molar-refractivity contribution is 5.95. The van der Waals surface area contributed by atoms with Gasteiger partial charge in [-0.3, -0.25) is 14.9 Å². The van der Waals surface area contributed by atoms with Crippen LogP contribution in [0, 0.1) is 0 Å². The Kier molecular flexibility index (Phi) is 4.49. The predicted molar refractivity (Wildman–Crippen MR) is 73.9 cm³/mol. The van der Waals surface area contributed by atoms with Gasteiger partial charge in [0, 0.05) is 19.9 Å². The third-order valence-electron chi connectivity index (χ3n) is 2.77. The number of nitrogens with zero attached hydrogens (tertiary/aromatic N) is 1. The van der Waals surface area contributed by atoms with E-state index >= 15 is 0 Å². The van der Waals surface area contributed by atoms with Crippen LogP contribution in [-0.4, -0.2) is 24.0 Å². The molecule has 6 heteroatoms. The van der Waals surface area contributed by atoms with E-state index in [0.717, 1.165) is 5.56 Å². The van der Waals surface area contributed by atoms with E-state index in [-0.39, 0.29) is 30.5 Å². The molecule has 1 aromatic carbocycles. The van der Waals surface area contributed by atoms with Gasteiger partial charge in [-0.15, -0.1) is 0 Å². The second-order valence-corrected chi connectivity index (χ2v) is 4.16. The van der Waals surface area contributed by atoms with E-state index in [9.17, 15) is 9.59 Å². The van der Waals surface area contributed by atoms with Crippen molar-refractivity contribution in [2.24, 2.45) is 0 Å². The lowest BCUT2D eigenvalue weighted by Gasteiger charge is -2.04. The van der Waals surface area contributed by atoms with Gasteiger partial charge in [0.2, 0.25) is 17.7 Å². The van der Waals surface area contributed by atoms with Crippen LogP contribution in [0.5, 0.6) is 0 Å². The number of nitrogens with one attached hydrogen (secondary N) is 2. The Morgan fingerprint density at radius 3 is 2.55 bits per heavy atom. The Bertz CT molecular complexity index is 593. The molecule has 104 valence electrons. The summed E-state index contributed by atoms with van der Waals surface area (Å²) in [5, 5.41) is 8.78. The van der Waals surface area contributed by atoms with E-state index in [1.165, 1.54) is 7.05 Å². The third kappa shape index (κ3) is 3.44. The van der Waals surface area contributed by atoms with Crippen LogP contribution >= 0.6 is 0 Å². The molecule has 0 saturated heterocycles. The van der Waals surface area contributed by atoms with Crippen LogP contribution in [0.2, 0.25) is 0 Å². The summed E-state index contributed by atoms with van der Waals surface area (Å²) in [6.07, 6.45) is 1.77. The molecule has 1 heterocycles. The fourth-order valence-electron chi connectivity index (χ4n) is 1.69. The predicted octanol–water partition coefficient (Wildman–Crippen LogP) is 1.81. The number of hydrogen-bond acceptors (Lipinski definition) is 4. The van der Waals surface area contributed by atoms with E-state index in [4.69, 9.17) is 4.52 Å². The van der Waals surface area contributed by atoms with Crippen molar-refractivity contribution < 1.29 is 14.1 Å². The average Bonchev–Trinajstić information content (AvgIpc) is 2.93. The largest absolute Gasteiger partial charge is 0.359 e. The molecule has 1 aromatic heterocycles. The first kappa shape index (κ1) is 13.8. The fourth-order valence-corrected chi connectivity index (χ4v) is 1.69. The standard InChI is InChI=1S/C14H15N3O3/c1-15-12(18)7-8-13(19)17-14-11(9-16-20-14)10-5-3-2-4-6-10/h2-6,9H,7-8H2,1H3,(H,15,18)(H,17,19). The summed E-state index contributed by atoms with van der Waals surface area (Å²) in [6, 6.07) is 9.47. The van der Waals surface area contributed by atoms with E-state index in [1.807, 2.05) is 30.3 Å². The third-order valence-corrected chi connectivity index (χ3v) is 2.77. The van der Waals surface area contributed by atoms with Gasteiger partial charge in [0.25, 0.3) is 0 Å². The molecule has 2 amide bonds. The molecule has 0 fully saturated rings. The van der Waals surface area contributed by atoms with Crippen LogP contribution in [-0.2, 0) is 9.59 Å². The number of rotatable bonds is 5. The monoisotopic (exact) mass is 273 g/mol. The first-order valence-electron chi connectivity index (χ1n) is 6.21. The van der Waals surface area contributed by atoms with Crippen molar-refractivity contribution in [3.05, 3.63) is 36.5 Å². The van der Waals surface area contributed by atoms with Gasteiger partial charge >= 0.3 is 0 Å². The van der Waals surface area contributed by atoms with E-state index < -0.39 is 0 Å². The van der Waals surface area contributed by atoms with Gasteiger partial charge in [-0.1, -0.05) is 35.5 Å². The zero-order valence-electron chi connectivity index (χ0n) is 11.1. The van der Waals surface area contributed by atoms with Crippen LogP contribution in [0.4, 0.5) is 5.88 Å². The molecule has 2 aromatic rings. The number of carbonyl (C=O) groups excluding carboxylic acids is 2. The molecule has 0 atom stereocenters. The molecule has 0 bridgehead atoms. The van der Waals surface area contributed by atoms with Crippen molar-refractivity contribution in [3.63, 3.8) is 0 Å². The number of benzene rings is 1. The second kappa shape index (κ2) is 6.51. The number of anilines is 1. The molecule has 2 rings (SSSR count). The minimum absolute atomic E-state index is 0.0919. The molecule has 0 aliphatic carbocycles. The molecule has 0 spiro atoms. The van der Waals surface area contributed by atoms with Gasteiger partial charge in [-0.2, -0.15) is 0 Å². The molecule has 6 nitrogen and oxygen atoms in total. The highest BCUT2D eigenvalue weighted by Gasteiger charge is 2.13. The van der Waals surface area contributed by atoms with E-state index in [0.29, 0.717) is 5.56 Å². The average molecular weight is 273 g/mol. The van der Waals surface area contributed by atoms with E-state index in [2.05, 4.69) is 15.8 Å². The normalized spacial score (nSPS) is 10.1. The Balaban J connectivity index is 2.02. The molecule has 0 aliphatic heterocycles. The maximum Gasteiger partial charge on any atom is 0.239 e. The zero-order valence-corrected chi connectivity index (χ0v) is 11.1. The first-order valence-corrected chi connectivity index (χ1v) is 6.21. The Morgan fingerprint density at radius 1 is 1.15 bits per heavy atom. The number of hydrogen-bond donors (Lipinski definition) is 2. The maximum absolute atomic E-state index is 11.7. The van der Waals surface area contributed by atoms with Crippen LogP contribution in [0.25, 0.3) is 11.1 Å². The number of amides is 2. The molecule has 2 N–H and O–H groups in total. The SMILES string of the molecule is CNC(=O)CCC(=O)Nc1oncc1-c1ccccc1. The lowest BCUT2D eigenvalue weighted by molar-refractivity contribution is -0.124. The van der Waals surface area contributed by atoms with Crippen LogP contribution < -0.4 is 10.6 Å². The van der Waals surface area contributed by atoms with Gasteiger partial charge in [-0.05, 0) is 5.56 Å². The van der Waals surface area contributed by atoms with Crippen molar-refractivity contribution in [2.75, 3.05) is 12.4 Å². The molecule has 0 saturated carbocycles. The molecule has 0 unspecified atom stereocenters. The summed E-state index contributed by atoms with van der Waals surface area (Å²) in [5.74, 6) is -0.179. The Morgan fingerprint density at radius 2 is 1.85 bits per heavy atom. The van der Waals surface area contributed by atoms with Crippen LogP contribution in [0.3, 0.4) is 0 Å². The molecular formula is C14H15N3O3. The number of carbonyl (C=O) groups is 2. The highest BCUT2D eigenvalue weighted by atomic mass is 16.5.